The highest BCUT2D eigenvalue weighted by Crippen LogP contribution is 2.27. The number of hydrogen-bond acceptors (Lipinski definition) is 3. The van der Waals surface area contributed by atoms with Crippen molar-refractivity contribution in [1.82, 2.24) is 5.43 Å². The summed E-state index contributed by atoms with van der Waals surface area (Å²) in [6, 6.07) is 12.1. The average molecular weight is 273 g/mol. The summed E-state index contributed by atoms with van der Waals surface area (Å²) >= 11 is 0. The zero-order valence-electron chi connectivity index (χ0n) is 11.6. The number of rotatable bonds is 5. The molecule has 20 heavy (non-hydrogen) atoms. The molecule has 0 bridgehead atoms. The molecule has 0 aromatic heterocycles. The molecule has 0 aliphatic rings. The molecule has 3 nitrogen and oxygen atoms in total. The van der Waals surface area contributed by atoms with E-state index in [4.69, 9.17) is 11.6 Å². The van der Waals surface area contributed by atoms with Crippen LogP contribution in [-0.2, 0) is 6.42 Å². The number of nitrogens with two attached hydrogens (primary N) is 2. The van der Waals surface area contributed by atoms with Crippen molar-refractivity contribution in [3.63, 3.8) is 0 Å². The maximum atomic E-state index is 13.4. The van der Waals surface area contributed by atoms with Gasteiger partial charge in [-0.05, 0) is 35.7 Å². The number of halogens is 1. The largest absolute Gasteiger partial charge is 0.398 e. The molecule has 2 rings (SSSR count). The Morgan fingerprint density at radius 2 is 1.85 bits per heavy atom. The lowest BCUT2D eigenvalue weighted by molar-refractivity contribution is 0.606. The summed E-state index contributed by atoms with van der Waals surface area (Å²) < 4.78 is 13.4. The van der Waals surface area contributed by atoms with Crippen molar-refractivity contribution in [2.24, 2.45) is 5.84 Å². The smallest absolute Gasteiger partial charge is 0.123 e. The zero-order chi connectivity index (χ0) is 14.5. The average Bonchev–Trinajstić information content (AvgIpc) is 2.45. The maximum Gasteiger partial charge on any atom is 0.123 e. The number of hydrogen-bond donors (Lipinski definition) is 3. The Labute approximate surface area is 118 Å². The van der Waals surface area contributed by atoms with E-state index in [1.54, 1.807) is 6.07 Å². The summed E-state index contributed by atoms with van der Waals surface area (Å²) in [6.45, 7) is 2.14. The van der Waals surface area contributed by atoms with E-state index in [9.17, 15) is 4.39 Å². The van der Waals surface area contributed by atoms with Crippen molar-refractivity contribution in [2.45, 2.75) is 25.8 Å². The molecule has 0 saturated carbocycles. The van der Waals surface area contributed by atoms with Crippen LogP contribution in [0.2, 0.25) is 0 Å². The van der Waals surface area contributed by atoms with Gasteiger partial charge in [0, 0.05) is 11.3 Å². The first-order valence-electron chi connectivity index (χ1n) is 6.75. The van der Waals surface area contributed by atoms with Gasteiger partial charge in [-0.1, -0.05) is 37.6 Å². The fraction of sp³-hybridized carbons (Fsp3) is 0.250. The van der Waals surface area contributed by atoms with Gasteiger partial charge in [-0.2, -0.15) is 0 Å². The minimum atomic E-state index is -0.322. The Bertz CT molecular complexity index is 566. The van der Waals surface area contributed by atoms with E-state index < -0.39 is 0 Å². The van der Waals surface area contributed by atoms with E-state index in [1.807, 2.05) is 12.1 Å². The van der Waals surface area contributed by atoms with Crippen LogP contribution in [0.5, 0.6) is 0 Å². The number of nitrogens with one attached hydrogen (secondary N) is 1. The molecule has 4 heteroatoms. The summed E-state index contributed by atoms with van der Waals surface area (Å²) in [5, 5.41) is 0. The molecular formula is C16H20FN3. The summed E-state index contributed by atoms with van der Waals surface area (Å²) in [6.07, 6.45) is 2.15. The van der Waals surface area contributed by atoms with Gasteiger partial charge in [-0.15, -0.1) is 0 Å². The molecular weight excluding hydrogens is 253 g/mol. The third kappa shape index (κ3) is 3.15. The highest BCUT2D eigenvalue weighted by molar-refractivity contribution is 5.51. The van der Waals surface area contributed by atoms with E-state index in [2.05, 4.69) is 24.5 Å². The molecule has 0 fully saturated rings. The number of hydrazine groups is 1. The summed E-state index contributed by atoms with van der Waals surface area (Å²) in [5.74, 6) is 5.30. The zero-order valence-corrected chi connectivity index (χ0v) is 11.6. The second-order valence-electron chi connectivity index (χ2n) is 4.86. The van der Waals surface area contributed by atoms with Crippen LogP contribution >= 0.6 is 0 Å². The van der Waals surface area contributed by atoms with Crippen molar-refractivity contribution in [3.8, 4) is 0 Å². The molecule has 0 amide bonds. The third-order valence-electron chi connectivity index (χ3n) is 3.38. The van der Waals surface area contributed by atoms with Crippen LogP contribution in [0.3, 0.4) is 0 Å². The van der Waals surface area contributed by atoms with Crippen LogP contribution in [0.25, 0.3) is 0 Å². The number of benzene rings is 2. The van der Waals surface area contributed by atoms with Crippen LogP contribution in [0.15, 0.2) is 42.5 Å². The number of aryl methyl sites for hydroxylation is 1. The van der Waals surface area contributed by atoms with Gasteiger partial charge >= 0.3 is 0 Å². The molecule has 2 aromatic rings. The highest BCUT2D eigenvalue weighted by Gasteiger charge is 2.15. The van der Waals surface area contributed by atoms with Crippen LogP contribution in [0.4, 0.5) is 10.1 Å². The molecule has 1 atom stereocenters. The molecule has 0 aliphatic heterocycles. The molecule has 0 radical (unpaired) electrons. The maximum absolute atomic E-state index is 13.4. The lowest BCUT2D eigenvalue weighted by Gasteiger charge is -2.19. The molecule has 0 heterocycles. The molecule has 0 aliphatic carbocycles. The number of anilines is 1. The second kappa shape index (κ2) is 6.50. The Balaban J connectivity index is 2.34. The Kier molecular flexibility index (Phi) is 4.71. The topological polar surface area (TPSA) is 64.1 Å². The van der Waals surface area contributed by atoms with Gasteiger partial charge in [0.05, 0.1) is 6.04 Å². The Hall–Kier alpha value is -1.91. The highest BCUT2D eigenvalue weighted by atomic mass is 19.1. The van der Waals surface area contributed by atoms with Crippen LogP contribution < -0.4 is 17.0 Å². The van der Waals surface area contributed by atoms with Gasteiger partial charge in [-0.25, -0.2) is 9.82 Å². The summed E-state index contributed by atoms with van der Waals surface area (Å²) in [7, 11) is 0. The van der Waals surface area contributed by atoms with Gasteiger partial charge in [0.25, 0.3) is 0 Å². The lowest BCUT2D eigenvalue weighted by atomic mass is 9.96. The Morgan fingerprint density at radius 1 is 1.15 bits per heavy atom. The quantitative estimate of drug-likeness (QED) is 0.446. The standard InChI is InChI=1S/C16H20FN3/c1-2-3-11-4-6-12(7-5-11)16(20-19)14-10-13(17)8-9-15(14)18/h4-10,16,20H,2-3,18-19H2,1H3. The van der Waals surface area contributed by atoms with Crippen molar-refractivity contribution in [3.05, 3.63) is 65.0 Å². The van der Waals surface area contributed by atoms with Crippen LogP contribution in [-0.4, -0.2) is 0 Å². The van der Waals surface area contributed by atoms with E-state index >= 15 is 0 Å². The van der Waals surface area contributed by atoms with E-state index in [1.165, 1.54) is 17.7 Å². The van der Waals surface area contributed by atoms with Crippen molar-refractivity contribution >= 4 is 5.69 Å². The van der Waals surface area contributed by atoms with Crippen LogP contribution in [0, 0.1) is 5.82 Å². The predicted molar refractivity (Wildman–Crippen MR) is 80.4 cm³/mol. The Morgan fingerprint density at radius 3 is 2.45 bits per heavy atom. The van der Waals surface area contributed by atoms with Crippen molar-refractivity contribution in [2.75, 3.05) is 5.73 Å². The van der Waals surface area contributed by atoms with Gasteiger partial charge in [0.2, 0.25) is 0 Å². The van der Waals surface area contributed by atoms with E-state index in [0.717, 1.165) is 18.4 Å². The second-order valence-corrected chi connectivity index (χ2v) is 4.86. The first-order chi connectivity index (χ1) is 9.65. The fourth-order valence-electron chi connectivity index (χ4n) is 2.33. The van der Waals surface area contributed by atoms with Gasteiger partial charge < -0.3 is 5.73 Å². The third-order valence-corrected chi connectivity index (χ3v) is 3.38. The van der Waals surface area contributed by atoms with Crippen LogP contribution in [0.1, 0.15) is 36.1 Å². The molecule has 106 valence electrons. The normalized spacial score (nSPS) is 12.3. The SMILES string of the molecule is CCCc1ccc(C(NN)c2cc(F)ccc2N)cc1. The summed E-state index contributed by atoms with van der Waals surface area (Å²) in [4.78, 5) is 0. The molecule has 1 unspecified atom stereocenters. The van der Waals surface area contributed by atoms with Gasteiger partial charge in [0.1, 0.15) is 5.82 Å². The molecule has 5 N–H and O–H groups in total. The monoisotopic (exact) mass is 273 g/mol. The minimum absolute atomic E-state index is 0.318. The number of nitrogen functional groups attached to an aromatic ring is 1. The minimum Gasteiger partial charge on any atom is -0.398 e. The first-order valence-corrected chi connectivity index (χ1v) is 6.75. The van der Waals surface area contributed by atoms with Crippen molar-refractivity contribution in [1.29, 1.82) is 0 Å². The van der Waals surface area contributed by atoms with E-state index in [-0.39, 0.29) is 11.9 Å². The van der Waals surface area contributed by atoms with Crippen molar-refractivity contribution < 1.29 is 4.39 Å². The molecule has 2 aromatic carbocycles. The van der Waals surface area contributed by atoms with E-state index in [0.29, 0.717) is 11.3 Å². The lowest BCUT2D eigenvalue weighted by Crippen LogP contribution is -2.29. The first kappa shape index (κ1) is 14.5. The molecule has 0 saturated heterocycles. The molecule has 0 spiro atoms. The summed E-state index contributed by atoms with van der Waals surface area (Å²) in [5.41, 5.74) is 12.0. The predicted octanol–water partition coefficient (Wildman–Crippen LogP) is 2.91. The van der Waals surface area contributed by atoms with Gasteiger partial charge in [-0.3, -0.25) is 5.84 Å². The fourth-order valence-corrected chi connectivity index (χ4v) is 2.33. The van der Waals surface area contributed by atoms with Gasteiger partial charge in [0.15, 0.2) is 0 Å².